The fraction of sp³-hybridized carbons (Fsp3) is 0.417. The highest BCUT2D eigenvalue weighted by molar-refractivity contribution is 5.68. The molecule has 0 radical (unpaired) electrons. The number of aromatic nitrogens is 8. The molecule has 0 saturated carbocycles. The van der Waals surface area contributed by atoms with Crippen molar-refractivity contribution in [2.75, 3.05) is 18.1 Å². The number of H-pyrrole nitrogens is 2. The number of aliphatic hydroxyl groups is 2. The third kappa shape index (κ3) is 3.89. The first-order valence-corrected chi connectivity index (χ1v) is 7.60. The number of rotatable bonds is 2. The maximum atomic E-state index is 11.4. The van der Waals surface area contributed by atoms with E-state index in [2.05, 4.69) is 35.3 Å². The van der Waals surface area contributed by atoms with Gasteiger partial charge in [-0.15, -0.1) is 10.2 Å². The Balaban J connectivity index is 0.000000166. The lowest BCUT2D eigenvalue weighted by Crippen LogP contribution is -2.28. The number of anilines is 2. The Morgan fingerprint density at radius 3 is 2.74 bits per heavy atom. The Bertz CT molecular complexity index is 1040. The highest BCUT2D eigenvalue weighted by atomic mass is 16.5. The minimum atomic E-state index is -0.806. The molecule has 1 saturated heterocycles. The van der Waals surface area contributed by atoms with Crippen LogP contribution in [0.1, 0.15) is 12.6 Å². The van der Waals surface area contributed by atoms with Gasteiger partial charge in [0, 0.05) is 6.42 Å². The molecule has 3 atom stereocenters. The molecule has 1 aliphatic heterocycles. The molecule has 1 fully saturated rings. The molecule has 4 heterocycles. The third-order valence-corrected chi connectivity index (χ3v) is 3.65. The normalized spacial score (nSPS) is 21.8. The van der Waals surface area contributed by atoms with Crippen molar-refractivity contribution in [3.05, 3.63) is 27.2 Å². The predicted molar refractivity (Wildman–Crippen MR) is 89.0 cm³/mol. The Morgan fingerprint density at radius 1 is 1.30 bits per heavy atom. The van der Waals surface area contributed by atoms with Crippen molar-refractivity contribution < 1.29 is 14.9 Å². The topological polar surface area (TPSA) is 237 Å². The van der Waals surface area contributed by atoms with E-state index >= 15 is 0 Å². The van der Waals surface area contributed by atoms with Crippen LogP contribution in [-0.2, 0) is 4.74 Å². The first-order chi connectivity index (χ1) is 12.9. The lowest BCUT2D eigenvalue weighted by Gasteiger charge is -2.13. The number of fused-ring (bicyclic) bond motifs is 1. The molecule has 0 amide bonds. The van der Waals surface area contributed by atoms with Gasteiger partial charge in [0.2, 0.25) is 17.5 Å². The van der Waals surface area contributed by atoms with Crippen molar-refractivity contribution in [3.8, 4) is 0 Å². The molecule has 4 rings (SSSR count). The van der Waals surface area contributed by atoms with Gasteiger partial charge in [-0.05, 0) is 0 Å². The van der Waals surface area contributed by atoms with E-state index in [9.17, 15) is 14.7 Å². The average molecular weight is 380 g/mol. The summed E-state index contributed by atoms with van der Waals surface area (Å²) in [5.41, 5.74) is 9.89. The van der Waals surface area contributed by atoms with E-state index in [1.807, 2.05) is 0 Å². The third-order valence-electron chi connectivity index (χ3n) is 3.65. The lowest BCUT2D eigenvalue weighted by molar-refractivity contribution is -0.0462. The summed E-state index contributed by atoms with van der Waals surface area (Å²) in [6.07, 6.45) is -0.741. The lowest BCUT2D eigenvalue weighted by atomic mass is 10.2. The second-order valence-electron chi connectivity index (χ2n) is 5.47. The van der Waals surface area contributed by atoms with Crippen molar-refractivity contribution in [2.45, 2.75) is 24.9 Å². The minimum absolute atomic E-state index is 0.0383. The van der Waals surface area contributed by atoms with Crippen molar-refractivity contribution in [2.24, 2.45) is 0 Å². The van der Waals surface area contributed by atoms with Gasteiger partial charge >= 0.3 is 5.69 Å². The summed E-state index contributed by atoms with van der Waals surface area (Å²) in [6.45, 7) is -0.303. The monoisotopic (exact) mass is 380 g/mol. The molecular formula is C12H16N10O5. The van der Waals surface area contributed by atoms with Crippen molar-refractivity contribution >= 4 is 23.1 Å². The van der Waals surface area contributed by atoms with E-state index in [-0.39, 0.29) is 41.6 Å². The van der Waals surface area contributed by atoms with Gasteiger partial charge < -0.3 is 26.4 Å². The van der Waals surface area contributed by atoms with Crippen LogP contribution < -0.4 is 22.7 Å². The minimum Gasteiger partial charge on any atom is -0.394 e. The standard InChI is InChI=1S/C8H12N4O4.C4H4N6O/c9-7-10-3-12(8(15)11-7)6-1-4(14)5(2-13)16-6;5-4-6-2-1(3(11)7-4)8-10-9-2/h3-6,13-14H,1-2H2,(H2,9,11,15);(H4,5,6,7,8,9,10,11)/t4-,5+,6+;/m0./s1. The van der Waals surface area contributed by atoms with Crippen LogP contribution in [-0.4, -0.2) is 68.9 Å². The van der Waals surface area contributed by atoms with Crippen LogP contribution in [0.3, 0.4) is 0 Å². The number of hydrogen-bond donors (Lipinski definition) is 6. The number of hydrogen-bond acceptors (Lipinski definition) is 12. The van der Waals surface area contributed by atoms with Gasteiger partial charge in [0.15, 0.2) is 5.52 Å². The molecule has 0 unspecified atom stereocenters. The zero-order valence-electron chi connectivity index (χ0n) is 13.7. The number of nitrogens with two attached hydrogens (primary N) is 2. The number of nitrogens with zero attached hydrogens (tertiary/aromatic N) is 6. The van der Waals surface area contributed by atoms with E-state index in [0.717, 1.165) is 4.57 Å². The summed E-state index contributed by atoms with van der Waals surface area (Å²) < 4.78 is 6.41. The molecule has 3 aromatic rings. The van der Waals surface area contributed by atoms with Crippen LogP contribution in [0.25, 0.3) is 11.2 Å². The van der Waals surface area contributed by atoms with Gasteiger partial charge in [0.1, 0.15) is 18.7 Å². The largest absolute Gasteiger partial charge is 0.394 e. The molecule has 15 heteroatoms. The second-order valence-corrected chi connectivity index (χ2v) is 5.47. The maximum Gasteiger partial charge on any atom is 0.354 e. The predicted octanol–water partition coefficient (Wildman–Crippen LogP) is -3.52. The SMILES string of the molecule is Nc1nc2n[nH]nc2c(=O)[nH]1.Nc1ncn([C@H]2C[C@H](O)[C@@H](CO)O2)c(=O)n1. The number of aliphatic hydroxyl groups excluding tert-OH is 2. The molecule has 1 aliphatic rings. The summed E-state index contributed by atoms with van der Waals surface area (Å²) >= 11 is 0. The molecule has 27 heavy (non-hydrogen) atoms. The zero-order valence-corrected chi connectivity index (χ0v) is 13.7. The van der Waals surface area contributed by atoms with Gasteiger partial charge in [-0.25, -0.2) is 9.78 Å². The summed E-state index contributed by atoms with van der Waals surface area (Å²) in [7, 11) is 0. The first kappa shape index (κ1) is 18.4. The molecule has 8 N–H and O–H groups in total. The molecule has 144 valence electrons. The van der Waals surface area contributed by atoms with Crippen molar-refractivity contribution in [1.82, 2.24) is 39.9 Å². The summed E-state index contributed by atoms with van der Waals surface area (Å²) in [5, 5.41) is 27.8. The summed E-state index contributed by atoms with van der Waals surface area (Å²) in [6, 6.07) is 0. The highest BCUT2D eigenvalue weighted by Gasteiger charge is 2.35. The molecule has 0 spiro atoms. The Morgan fingerprint density at radius 2 is 2.07 bits per heavy atom. The number of aromatic amines is 2. The van der Waals surface area contributed by atoms with Gasteiger partial charge in [-0.3, -0.25) is 14.3 Å². The summed E-state index contributed by atoms with van der Waals surface area (Å²) in [4.78, 5) is 35.5. The van der Waals surface area contributed by atoms with Crippen LogP contribution in [0.5, 0.6) is 0 Å². The quantitative estimate of drug-likeness (QED) is 0.254. The fourth-order valence-corrected chi connectivity index (χ4v) is 2.38. The second kappa shape index (κ2) is 7.44. The molecule has 15 nitrogen and oxygen atoms in total. The van der Waals surface area contributed by atoms with Gasteiger partial charge in [0.05, 0.1) is 12.7 Å². The maximum absolute atomic E-state index is 11.4. The van der Waals surface area contributed by atoms with E-state index in [1.165, 1.54) is 6.33 Å². The fourth-order valence-electron chi connectivity index (χ4n) is 2.38. The average Bonchev–Trinajstić information content (AvgIpc) is 3.21. The Kier molecular flexibility index (Phi) is 5.06. The van der Waals surface area contributed by atoms with Crippen LogP contribution in [0.15, 0.2) is 15.9 Å². The van der Waals surface area contributed by atoms with E-state index in [4.69, 9.17) is 21.3 Å². The van der Waals surface area contributed by atoms with Crippen molar-refractivity contribution in [1.29, 1.82) is 0 Å². The zero-order chi connectivity index (χ0) is 19.6. The summed E-state index contributed by atoms with van der Waals surface area (Å²) in [5.74, 6) is -0.0742. The molecule has 0 aliphatic carbocycles. The molecule has 3 aromatic heterocycles. The molecule has 0 aromatic carbocycles. The van der Waals surface area contributed by atoms with Gasteiger partial charge in [0.25, 0.3) is 5.56 Å². The van der Waals surface area contributed by atoms with Gasteiger partial charge in [-0.1, -0.05) is 0 Å². The highest BCUT2D eigenvalue weighted by Crippen LogP contribution is 2.26. The first-order valence-electron chi connectivity index (χ1n) is 7.60. The van der Waals surface area contributed by atoms with E-state index in [1.54, 1.807) is 0 Å². The Labute approximate surface area is 149 Å². The van der Waals surface area contributed by atoms with E-state index in [0.29, 0.717) is 0 Å². The number of nitrogen functional groups attached to an aromatic ring is 2. The van der Waals surface area contributed by atoms with Crippen molar-refractivity contribution in [3.63, 3.8) is 0 Å². The van der Waals surface area contributed by atoms with Crippen LogP contribution in [0, 0.1) is 0 Å². The number of ether oxygens (including phenoxy) is 1. The van der Waals surface area contributed by atoms with Gasteiger partial charge in [-0.2, -0.15) is 15.2 Å². The number of nitrogens with one attached hydrogen (secondary N) is 2. The smallest absolute Gasteiger partial charge is 0.354 e. The van der Waals surface area contributed by atoms with Crippen LogP contribution >= 0.6 is 0 Å². The van der Waals surface area contributed by atoms with Crippen LogP contribution in [0.4, 0.5) is 11.9 Å². The Hall–Kier alpha value is -3.43. The van der Waals surface area contributed by atoms with Crippen LogP contribution in [0.2, 0.25) is 0 Å². The molecular weight excluding hydrogens is 364 g/mol. The van der Waals surface area contributed by atoms with E-state index < -0.39 is 24.1 Å². The molecule has 0 bridgehead atoms.